The highest BCUT2D eigenvalue weighted by atomic mass is 32.2. The lowest BCUT2D eigenvalue weighted by Gasteiger charge is -2.05. The molecule has 7 nitrogen and oxygen atoms in total. The van der Waals surface area contributed by atoms with Gasteiger partial charge >= 0.3 is 10.3 Å². The first-order valence-electron chi connectivity index (χ1n) is 4.56. The fourth-order valence-corrected chi connectivity index (χ4v) is 1.72. The van der Waals surface area contributed by atoms with Gasteiger partial charge in [0.05, 0.1) is 7.11 Å². The SMILES string of the molecule is COc1cc[c]c(OCC2=NOS(=O)(=O)N2)c1. The van der Waals surface area contributed by atoms with Crippen LogP contribution in [0.25, 0.3) is 0 Å². The molecule has 91 valence electrons. The topological polar surface area (TPSA) is 86.2 Å². The van der Waals surface area contributed by atoms with Crippen LogP contribution in [0.3, 0.4) is 0 Å². The van der Waals surface area contributed by atoms with Crippen molar-refractivity contribution in [3.63, 3.8) is 0 Å². The number of nitrogens with one attached hydrogen (secondary N) is 1. The summed E-state index contributed by atoms with van der Waals surface area (Å²) in [5, 5.41) is 3.29. The van der Waals surface area contributed by atoms with Gasteiger partial charge in [0.2, 0.25) is 0 Å². The van der Waals surface area contributed by atoms with Gasteiger partial charge in [0.15, 0.2) is 12.4 Å². The highest BCUT2D eigenvalue weighted by molar-refractivity contribution is 7.85. The van der Waals surface area contributed by atoms with Crippen LogP contribution in [-0.4, -0.2) is 28.0 Å². The minimum absolute atomic E-state index is 0.0666. The molecule has 0 atom stereocenters. The van der Waals surface area contributed by atoms with E-state index >= 15 is 0 Å². The van der Waals surface area contributed by atoms with Crippen molar-refractivity contribution in [2.75, 3.05) is 13.7 Å². The van der Waals surface area contributed by atoms with E-state index in [1.165, 1.54) is 7.11 Å². The van der Waals surface area contributed by atoms with Crippen molar-refractivity contribution in [1.29, 1.82) is 0 Å². The number of amidine groups is 1. The maximum atomic E-state index is 10.8. The van der Waals surface area contributed by atoms with Crippen LogP contribution in [0.1, 0.15) is 0 Å². The number of methoxy groups -OCH3 is 1. The molecule has 1 aromatic carbocycles. The van der Waals surface area contributed by atoms with Crippen molar-refractivity contribution < 1.29 is 22.2 Å². The third-order valence-electron chi connectivity index (χ3n) is 1.84. The molecule has 0 fully saturated rings. The molecule has 0 aliphatic carbocycles. The normalized spacial score (nSPS) is 16.6. The summed E-state index contributed by atoms with van der Waals surface area (Å²) in [5.41, 5.74) is 0. The van der Waals surface area contributed by atoms with Gasteiger partial charge in [-0.05, 0) is 17.3 Å². The fraction of sp³-hybridized carbons (Fsp3) is 0.222. The Morgan fingerprint density at radius 3 is 3.06 bits per heavy atom. The van der Waals surface area contributed by atoms with Crippen molar-refractivity contribution in [1.82, 2.24) is 4.72 Å². The first-order chi connectivity index (χ1) is 8.09. The second-order valence-corrected chi connectivity index (χ2v) is 4.31. The molecule has 2 rings (SSSR count). The van der Waals surface area contributed by atoms with Gasteiger partial charge in [-0.25, -0.2) is 4.72 Å². The lowest BCUT2D eigenvalue weighted by Crippen LogP contribution is -2.28. The molecular formula is C9H9N2O5S. The summed E-state index contributed by atoms with van der Waals surface area (Å²) in [7, 11) is -2.25. The van der Waals surface area contributed by atoms with Gasteiger partial charge in [0.1, 0.15) is 11.5 Å². The molecule has 1 aromatic rings. The van der Waals surface area contributed by atoms with E-state index in [0.29, 0.717) is 11.5 Å². The molecule has 1 aliphatic heterocycles. The number of hydrogen-bond donors (Lipinski definition) is 1. The molecule has 0 saturated heterocycles. The number of hydrogen-bond acceptors (Lipinski definition) is 6. The Balaban J connectivity index is 1.94. The number of ether oxygens (including phenoxy) is 2. The zero-order chi connectivity index (χ0) is 12.3. The third-order valence-corrected chi connectivity index (χ3v) is 2.59. The molecule has 0 spiro atoms. The lowest BCUT2D eigenvalue weighted by molar-refractivity contribution is 0.340. The summed E-state index contributed by atoms with van der Waals surface area (Å²) in [6.45, 7) is -0.0666. The van der Waals surface area contributed by atoms with E-state index in [9.17, 15) is 8.42 Å². The minimum Gasteiger partial charge on any atom is -0.497 e. The van der Waals surface area contributed by atoms with Gasteiger partial charge in [0.25, 0.3) is 0 Å². The number of oxime groups is 1. The Kier molecular flexibility index (Phi) is 3.05. The Labute approximate surface area is 98.2 Å². The zero-order valence-electron chi connectivity index (χ0n) is 8.84. The van der Waals surface area contributed by atoms with Crippen molar-refractivity contribution >= 4 is 16.1 Å². The van der Waals surface area contributed by atoms with Gasteiger partial charge in [-0.1, -0.05) is 0 Å². The van der Waals surface area contributed by atoms with Crippen LogP contribution in [0, 0.1) is 6.07 Å². The maximum Gasteiger partial charge on any atom is 0.428 e. The molecule has 8 heteroatoms. The highest BCUT2D eigenvalue weighted by Gasteiger charge is 2.22. The van der Waals surface area contributed by atoms with Gasteiger partial charge in [-0.3, -0.25) is 4.28 Å². The monoisotopic (exact) mass is 257 g/mol. The van der Waals surface area contributed by atoms with Crippen molar-refractivity contribution in [2.24, 2.45) is 5.16 Å². The largest absolute Gasteiger partial charge is 0.497 e. The number of rotatable bonds is 4. The van der Waals surface area contributed by atoms with Crippen molar-refractivity contribution in [2.45, 2.75) is 0 Å². The summed E-state index contributed by atoms with van der Waals surface area (Å²) in [6, 6.07) is 7.77. The highest BCUT2D eigenvalue weighted by Crippen LogP contribution is 2.18. The molecule has 0 bridgehead atoms. The third kappa shape index (κ3) is 3.00. The van der Waals surface area contributed by atoms with Crippen LogP contribution >= 0.6 is 0 Å². The van der Waals surface area contributed by atoms with E-state index in [1.807, 2.05) is 0 Å². The first-order valence-corrected chi connectivity index (χ1v) is 5.97. The van der Waals surface area contributed by atoms with E-state index in [-0.39, 0.29) is 12.4 Å². The summed E-state index contributed by atoms with van der Waals surface area (Å²) < 4.78 is 38.1. The molecule has 1 radical (unpaired) electrons. The van der Waals surface area contributed by atoms with Crippen molar-refractivity contribution in [3.05, 3.63) is 24.3 Å². The van der Waals surface area contributed by atoms with Gasteiger partial charge in [-0.15, -0.1) is 0 Å². The maximum absolute atomic E-state index is 10.8. The van der Waals surface area contributed by atoms with E-state index in [2.05, 4.69) is 20.2 Å². The van der Waals surface area contributed by atoms with Crippen LogP contribution in [0.5, 0.6) is 11.5 Å². The quantitative estimate of drug-likeness (QED) is 0.823. The van der Waals surface area contributed by atoms with Gasteiger partial charge < -0.3 is 9.47 Å². The molecule has 1 heterocycles. The summed E-state index contributed by atoms with van der Waals surface area (Å²) in [4.78, 5) is 0. The molecule has 0 saturated carbocycles. The second-order valence-electron chi connectivity index (χ2n) is 3.05. The molecule has 1 N–H and O–H groups in total. The molecule has 0 unspecified atom stereocenters. The van der Waals surface area contributed by atoms with Crippen LogP contribution in [0.15, 0.2) is 23.4 Å². The zero-order valence-corrected chi connectivity index (χ0v) is 9.65. The molecular weight excluding hydrogens is 248 g/mol. The number of benzene rings is 1. The molecule has 17 heavy (non-hydrogen) atoms. The average Bonchev–Trinajstić information content (AvgIpc) is 2.67. The average molecular weight is 257 g/mol. The standard InChI is InChI=1S/C9H9N2O5S/c1-14-7-3-2-4-8(5-7)15-6-9-10-16-17(12,13)11-9/h2-3,5H,6H2,1H3,(H,10,11). The van der Waals surface area contributed by atoms with Gasteiger partial charge in [0, 0.05) is 12.1 Å². The molecule has 1 aliphatic rings. The summed E-state index contributed by atoms with van der Waals surface area (Å²) >= 11 is 0. The van der Waals surface area contributed by atoms with Crippen LogP contribution in [0.4, 0.5) is 0 Å². The van der Waals surface area contributed by atoms with Crippen LogP contribution in [0.2, 0.25) is 0 Å². The Bertz CT molecular complexity index is 540. The molecule has 0 aromatic heterocycles. The van der Waals surface area contributed by atoms with E-state index in [1.54, 1.807) is 18.2 Å². The lowest BCUT2D eigenvalue weighted by atomic mass is 10.3. The van der Waals surface area contributed by atoms with Gasteiger partial charge in [-0.2, -0.15) is 8.42 Å². The first kappa shape index (κ1) is 11.5. The Morgan fingerprint density at radius 1 is 1.59 bits per heavy atom. The summed E-state index contributed by atoms with van der Waals surface area (Å²) in [6.07, 6.45) is 0. The predicted molar refractivity (Wildman–Crippen MR) is 57.9 cm³/mol. The van der Waals surface area contributed by atoms with E-state index in [4.69, 9.17) is 9.47 Å². The summed E-state index contributed by atoms with van der Waals surface area (Å²) in [5.74, 6) is 1.10. The van der Waals surface area contributed by atoms with Crippen molar-refractivity contribution in [3.8, 4) is 11.5 Å². The van der Waals surface area contributed by atoms with E-state index < -0.39 is 10.3 Å². The molecule has 0 amide bonds. The predicted octanol–water partition coefficient (Wildman–Crippen LogP) is 0.0523. The van der Waals surface area contributed by atoms with Crippen LogP contribution < -0.4 is 14.2 Å². The Morgan fingerprint density at radius 2 is 2.41 bits per heavy atom. The van der Waals surface area contributed by atoms with Crippen LogP contribution in [-0.2, 0) is 14.6 Å². The fourth-order valence-electron chi connectivity index (χ4n) is 1.11. The van der Waals surface area contributed by atoms with E-state index in [0.717, 1.165) is 0 Å². The minimum atomic E-state index is -3.78. The second kappa shape index (κ2) is 4.50. The number of nitrogens with zero attached hydrogens (tertiary/aromatic N) is 1. The Hall–Kier alpha value is -1.96. The smallest absolute Gasteiger partial charge is 0.428 e.